The van der Waals surface area contributed by atoms with Crippen LogP contribution in [0, 0.1) is 6.92 Å². The highest BCUT2D eigenvalue weighted by atomic mass is 32.1. The second-order valence-corrected chi connectivity index (χ2v) is 6.06. The summed E-state index contributed by atoms with van der Waals surface area (Å²) >= 11 is 1.06. The molecule has 3 rings (SSSR count). The van der Waals surface area contributed by atoms with Gasteiger partial charge in [-0.1, -0.05) is 23.9 Å². The van der Waals surface area contributed by atoms with Crippen molar-refractivity contribution in [3.8, 4) is 0 Å². The Hall–Kier alpha value is -2.54. The lowest BCUT2D eigenvalue weighted by Crippen LogP contribution is -2.12. The predicted octanol–water partition coefficient (Wildman–Crippen LogP) is 2.89. The minimum atomic E-state index is -0.246. The van der Waals surface area contributed by atoms with E-state index in [1.165, 1.54) is 0 Å². The van der Waals surface area contributed by atoms with Gasteiger partial charge in [0.05, 0.1) is 11.2 Å². The number of hydrogen-bond acceptors (Lipinski definition) is 5. The van der Waals surface area contributed by atoms with E-state index in [4.69, 9.17) is 0 Å². The minimum Gasteiger partial charge on any atom is -0.322 e. The number of H-pyrrole nitrogens is 1. The van der Waals surface area contributed by atoms with Gasteiger partial charge in [0, 0.05) is 17.1 Å². The van der Waals surface area contributed by atoms with Gasteiger partial charge in [-0.2, -0.15) is 0 Å². The molecule has 0 atom stereocenters. The number of rotatable bonds is 4. The number of hydrogen-bond donors (Lipinski definition) is 2. The average molecular weight is 328 g/mol. The van der Waals surface area contributed by atoms with Crippen molar-refractivity contribution in [1.82, 2.24) is 14.6 Å². The molecule has 0 aliphatic rings. The zero-order valence-electron chi connectivity index (χ0n) is 12.8. The van der Waals surface area contributed by atoms with Gasteiger partial charge in [0.25, 0.3) is 5.91 Å². The van der Waals surface area contributed by atoms with Crippen LogP contribution in [0.4, 0.5) is 5.69 Å². The lowest BCUT2D eigenvalue weighted by atomic mass is 10.0. The third-order valence-corrected chi connectivity index (χ3v) is 4.39. The third-order valence-electron chi connectivity index (χ3n) is 3.56. The highest BCUT2D eigenvalue weighted by Crippen LogP contribution is 2.21. The van der Waals surface area contributed by atoms with Crippen LogP contribution >= 0.6 is 11.5 Å². The van der Waals surface area contributed by atoms with E-state index in [1.54, 1.807) is 19.1 Å². The summed E-state index contributed by atoms with van der Waals surface area (Å²) in [5.41, 5.74) is 2.84. The maximum absolute atomic E-state index is 12.2. The number of amides is 1. The third kappa shape index (κ3) is 3.14. The first kappa shape index (κ1) is 15.4. The first-order valence-electron chi connectivity index (χ1n) is 7.34. The van der Waals surface area contributed by atoms with Crippen LogP contribution < -0.4 is 10.9 Å². The Balaban J connectivity index is 1.96. The van der Waals surface area contributed by atoms with Crippen LogP contribution in [-0.2, 0) is 6.42 Å². The molecule has 1 aromatic carbocycles. The first-order valence-corrected chi connectivity index (χ1v) is 8.12. The fraction of sp³-hybridized carbons (Fsp3) is 0.250. The molecule has 0 aliphatic carbocycles. The first-order chi connectivity index (χ1) is 11.1. The molecular weight excluding hydrogens is 312 g/mol. The highest BCUT2D eigenvalue weighted by molar-refractivity contribution is 7.08. The molecule has 3 aromatic rings. The normalized spacial score (nSPS) is 10.9. The number of pyridine rings is 1. The van der Waals surface area contributed by atoms with Crippen molar-refractivity contribution >= 4 is 34.0 Å². The van der Waals surface area contributed by atoms with E-state index in [2.05, 4.69) is 26.8 Å². The molecule has 23 heavy (non-hydrogen) atoms. The van der Waals surface area contributed by atoms with E-state index in [0.29, 0.717) is 16.3 Å². The Morgan fingerprint density at radius 1 is 1.35 bits per heavy atom. The standard InChI is InChI=1S/C16H16N4O2S/c1-3-4-10-7-14(21)18-13-8-11(5-6-12(10)13)17-16(22)15-9(2)19-20-23-15/h5-8H,3-4H2,1-2H3,(H,17,22)(H,18,21). The van der Waals surface area contributed by atoms with Crippen molar-refractivity contribution in [1.29, 1.82) is 0 Å². The Kier molecular flexibility index (Phi) is 4.20. The molecule has 0 saturated carbocycles. The van der Waals surface area contributed by atoms with Gasteiger partial charge < -0.3 is 10.3 Å². The maximum atomic E-state index is 12.2. The summed E-state index contributed by atoms with van der Waals surface area (Å²) in [6, 6.07) is 7.17. The second-order valence-electron chi connectivity index (χ2n) is 5.31. The van der Waals surface area contributed by atoms with E-state index in [9.17, 15) is 9.59 Å². The number of carbonyl (C=O) groups excluding carboxylic acids is 1. The van der Waals surface area contributed by atoms with Crippen molar-refractivity contribution in [2.24, 2.45) is 0 Å². The summed E-state index contributed by atoms with van der Waals surface area (Å²) in [7, 11) is 0. The molecule has 2 aromatic heterocycles. The Morgan fingerprint density at radius 2 is 2.17 bits per heavy atom. The van der Waals surface area contributed by atoms with Crippen LogP contribution in [-0.4, -0.2) is 20.5 Å². The molecule has 0 fully saturated rings. The molecule has 0 aliphatic heterocycles. The Morgan fingerprint density at radius 3 is 2.87 bits per heavy atom. The van der Waals surface area contributed by atoms with Crippen molar-refractivity contribution < 1.29 is 4.79 Å². The molecule has 2 N–H and O–H groups in total. The molecular formula is C16H16N4O2S. The van der Waals surface area contributed by atoms with Crippen LogP contribution in [0.1, 0.15) is 34.3 Å². The second kappa shape index (κ2) is 6.29. The number of nitrogens with one attached hydrogen (secondary N) is 2. The number of fused-ring (bicyclic) bond motifs is 1. The smallest absolute Gasteiger partial charge is 0.269 e. The van der Waals surface area contributed by atoms with E-state index >= 15 is 0 Å². The maximum Gasteiger partial charge on any atom is 0.269 e. The van der Waals surface area contributed by atoms with Crippen LogP contribution in [0.15, 0.2) is 29.1 Å². The van der Waals surface area contributed by atoms with Gasteiger partial charge in [0.2, 0.25) is 5.56 Å². The van der Waals surface area contributed by atoms with Crippen LogP contribution in [0.5, 0.6) is 0 Å². The summed E-state index contributed by atoms with van der Waals surface area (Å²) in [5, 5.41) is 7.65. The number of aromatic amines is 1. The van der Waals surface area contributed by atoms with Crippen LogP contribution in [0.25, 0.3) is 10.9 Å². The Bertz CT molecular complexity index is 929. The highest BCUT2D eigenvalue weighted by Gasteiger charge is 2.13. The molecule has 7 heteroatoms. The molecule has 118 valence electrons. The number of aromatic nitrogens is 3. The SMILES string of the molecule is CCCc1cc(=O)[nH]c2cc(NC(=O)c3snnc3C)ccc12. The minimum absolute atomic E-state index is 0.132. The number of carbonyl (C=O) groups is 1. The summed E-state index contributed by atoms with van der Waals surface area (Å²) in [4.78, 5) is 27.3. The predicted molar refractivity (Wildman–Crippen MR) is 91.2 cm³/mol. The molecule has 6 nitrogen and oxygen atoms in total. The summed E-state index contributed by atoms with van der Waals surface area (Å²) in [6.45, 7) is 3.82. The average Bonchev–Trinajstić information content (AvgIpc) is 2.93. The molecule has 0 spiro atoms. The van der Waals surface area contributed by atoms with E-state index in [-0.39, 0.29) is 11.5 Å². The van der Waals surface area contributed by atoms with Gasteiger partial charge in [0.15, 0.2) is 0 Å². The van der Waals surface area contributed by atoms with Gasteiger partial charge in [0.1, 0.15) is 4.88 Å². The number of anilines is 1. The van der Waals surface area contributed by atoms with Gasteiger partial charge in [-0.25, -0.2) is 0 Å². The summed E-state index contributed by atoms with van der Waals surface area (Å²) < 4.78 is 3.76. The zero-order valence-corrected chi connectivity index (χ0v) is 13.7. The zero-order chi connectivity index (χ0) is 16.4. The van der Waals surface area contributed by atoms with Gasteiger partial charge in [-0.05, 0) is 42.6 Å². The van der Waals surface area contributed by atoms with Gasteiger partial charge >= 0.3 is 0 Å². The quantitative estimate of drug-likeness (QED) is 0.771. The number of benzene rings is 1. The van der Waals surface area contributed by atoms with E-state index in [1.807, 2.05) is 12.1 Å². The number of nitrogens with zero attached hydrogens (tertiary/aromatic N) is 2. The monoisotopic (exact) mass is 328 g/mol. The molecule has 0 radical (unpaired) electrons. The van der Waals surface area contributed by atoms with Crippen molar-refractivity contribution in [2.45, 2.75) is 26.7 Å². The topological polar surface area (TPSA) is 87.7 Å². The van der Waals surface area contributed by atoms with Crippen molar-refractivity contribution in [2.75, 3.05) is 5.32 Å². The molecule has 2 heterocycles. The van der Waals surface area contributed by atoms with E-state index < -0.39 is 0 Å². The fourth-order valence-electron chi connectivity index (χ4n) is 2.51. The van der Waals surface area contributed by atoms with Crippen LogP contribution in [0.3, 0.4) is 0 Å². The van der Waals surface area contributed by atoms with Crippen molar-refractivity contribution in [3.63, 3.8) is 0 Å². The summed E-state index contributed by atoms with van der Waals surface area (Å²) in [6.07, 6.45) is 1.81. The lowest BCUT2D eigenvalue weighted by molar-refractivity contribution is 0.103. The van der Waals surface area contributed by atoms with Gasteiger partial charge in [-0.15, -0.1) is 5.10 Å². The van der Waals surface area contributed by atoms with Crippen molar-refractivity contribution in [3.05, 3.63) is 50.8 Å². The lowest BCUT2D eigenvalue weighted by Gasteiger charge is -2.08. The molecule has 0 unspecified atom stereocenters. The molecule has 1 amide bonds. The molecule has 0 saturated heterocycles. The van der Waals surface area contributed by atoms with Gasteiger partial charge in [-0.3, -0.25) is 9.59 Å². The summed E-state index contributed by atoms with van der Waals surface area (Å²) in [5.74, 6) is -0.246. The van der Waals surface area contributed by atoms with E-state index in [0.717, 1.165) is 40.8 Å². The largest absolute Gasteiger partial charge is 0.322 e. The number of aryl methyl sites for hydroxylation is 2. The fourth-order valence-corrected chi connectivity index (χ4v) is 3.07. The molecule has 0 bridgehead atoms. The van der Waals surface area contributed by atoms with Crippen LogP contribution in [0.2, 0.25) is 0 Å². The Labute approximate surface area is 136 Å².